The fraction of sp³-hybridized carbons (Fsp3) is 0.0833. The molecule has 0 aliphatic carbocycles. The number of nitrogens with two attached hydrogens (primary N) is 1. The maximum Gasteiger partial charge on any atom is 0.433 e. The van der Waals surface area contributed by atoms with Gasteiger partial charge in [0.2, 0.25) is 5.88 Å². The number of alkyl halides is 3. The average molecular weight is 361 g/mol. The number of amidine groups is 1. The van der Waals surface area contributed by atoms with Crippen LogP contribution in [0.5, 0.6) is 11.6 Å². The number of nitrogens with zero attached hydrogens (tertiary/aromatic N) is 2. The molecule has 0 unspecified atom stereocenters. The molecule has 3 N–H and O–H groups in total. The highest BCUT2D eigenvalue weighted by atomic mass is 79.9. The Morgan fingerprint density at radius 1 is 1.29 bits per heavy atom. The highest BCUT2D eigenvalue weighted by Gasteiger charge is 2.33. The lowest BCUT2D eigenvalue weighted by atomic mass is 10.2. The van der Waals surface area contributed by atoms with Crippen molar-refractivity contribution in [3.05, 3.63) is 46.3 Å². The molecular formula is C12H8BrF3N4O. The number of rotatable bonds is 3. The van der Waals surface area contributed by atoms with Gasteiger partial charge in [0.05, 0.1) is 11.8 Å². The number of halogens is 4. The first-order chi connectivity index (χ1) is 9.77. The molecule has 0 aliphatic rings. The molecule has 9 heteroatoms. The minimum Gasteiger partial charge on any atom is -0.437 e. The average Bonchev–Trinajstić information content (AvgIpc) is 2.37. The number of nitrogens with one attached hydrogen (secondary N) is 1. The first-order valence-electron chi connectivity index (χ1n) is 5.48. The lowest BCUT2D eigenvalue weighted by Gasteiger charge is -2.12. The zero-order valence-electron chi connectivity index (χ0n) is 10.3. The van der Waals surface area contributed by atoms with Crippen molar-refractivity contribution in [2.45, 2.75) is 6.18 Å². The summed E-state index contributed by atoms with van der Waals surface area (Å²) in [4.78, 5) is 7.20. The van der Waals surface area contributed by atoms with Crippen molar-refractivity contribution in [1.29, 1.82) is 5.41 Å². The fourth-order valence-electron chi connectivity index (χ4n) is 1.44. The second-order valence-electron chi connectivity index (χ2n) is 3.90. The van der Waals surface area contributed by atoms with Gasteiger partial charge < -0.3 is 10.5 Å². The van der Waals surface area contributed by atoms with Gasteiger partial charge in [-0.1, -0.05) is 0 Å². The number of aromatic nitrogens is 2. The topological polar surface area (TPSA) is 84.9 Å². The molecule has 2 aromatic heterocycles. The van der Waals surface area contributed by atoms with E-state index in [4.69, 9.17) is 15.9 Å². The van der Waals surface area contributed by atoms with Gasteiger partial charge in [-0.2, -0.15) is 13.2 Å². The third-order valence-corrected chi connectivity index (χ3v) is 2.77. The molecule has 0 saturated heterocycles. The van der Waals surface area contributed by atoms with Crippen molar-refractivity contribution in [2.75, 3.05) is 0 Å². The van der Waals surface area contributed by atoms with Crippen LogP contribution in [0.3, 0.4) is 0 Å². The van der Waals surface area contributed by atoms with E-state index < -0.39 is 23.6 Å². The van der Waals surface area contributed by atoms with Crippen LogP contribution in [0, 0.1) is 5.41 Å². The Labute approximate surface area is 125 Å². The standard InChI is InChI=1S/C12H8BrF3N4O/c13-6-3-7(5-19-4-6)21-11-8(10(17)18)1-2-9(20-11)12(14,15)16/h1-5H,(H3,17,18). The predicted octanol–water partition coefficient (Wildman–Crippen LogP) is 3.33. The molecule has 2 heterocycles. The zero-order valence-corrected chi connectivity index (χ0v) is 11.9. The molecule has 0 spiro atoms. The van der Waals surface area contributed by atoms with E-state index in [0.717, 1.165) is 12.1 Å². The molecule has 21 heavy (non-hydrogen) atoms. The lowest BCUT2D eigenvalue weighted by molar-refractivity contribution is -0.141. The Bertz CT molecular complexity index is 690. The Kier molecular flexibility index (Phi) is 4.12. The summed E-state index contributed by atoms with van der Waals surface area (Å²) in [6.45, 7) is 0. The summed E-state index contributed by atoms with van der Waals surface area (Å²) in [6, 6.07) is 3.28. The van der Waals surface area contributed by atoms with E-state index in [0.29, 0.717) is 4.47 Å². The van der Waals surface area contributed by atoms with Crippen molar-refractivity contribution in [1.82, 2.24) is 9.97 Å². The second kappa shape index (κ2) is 5.68. The Morgan fingerprint density at radius 2 is 2.00 bits per heavy atom. The molecular weight excluding hydrogens is 353 g/mol. The third kappa shape index (κ3) is 3.69. The monoisotopic (exact) mass is 360 g/mol. The minimum atomic E-state index is -4.62. The molecule has 0 radical (unpaired) electrons. The van der Waals surface area contributed by atoms with E-state index in [1.54, 1.807) is 0 Å². The molecule has 2 aromatic rings. The molecule has 0 aliphatic heterocycles. The summed E-state index contributed by atoms with van der Waals surface area (Å²) in [5.41, 5.74) is 4.14. The summed E-state index contributed by atoms with van der Waals surface area (Å²) in [5, 5.41) is 7.36. The van der Waals surface area contributed by atoms with Gasteiger partial charge in [-0.15, -0.1) is 0 Å². The summed E-state index contributed by atoms with van der Waals surface area (Å²) >= 11 is 3.16. The van der Waals surface area contributed by atoms with Gasteiger partial charge in [-0.05, 0) is 34.1 Å². The molecule has 0 aromatic carbocycles. The number of nitrogen functional groups attached to an aromatic ring is 1. The highest BCUT2D eigenvalue weighted by Crippen LogP contribution is 2.32. The second-order valence-corrected chi connectivity index (χ2v) is 4.82. The first-order valence-corrected chi connectivity index (χ1v) is 6.27. The zero-order chi connectivity index (χ0) is 15.6. The van der Waals surface area contributed by atoms with E-state index in [2.05, 4.69) is 25.9 Å². The SMILES string of the molecule is N=C(N)c1ccc(C(F)(F)F)nc1Oc1cncc(Br)c1. The molecule has 0 amide bonds. The fourth-order valence-corrected chi connectivity index (χ4v) is 1.78. The van der Waals surface area contributed by atoms with E-state index in [9.17, 15) is 13.2 Å². The van der Waals surface area contributed by atoms with Gasteiger partial charge in [0.25, 0.3) is 0 Å². The largest absolute Gasteiger partial charge is 0.437 e. The number of ether oxygens (including phenoxy) is 1. The van der Waals surface area contributed by atoms with Crippen molar-refractivity contribution >= 4 is 21.8 Å². The number of pyridine rings is 2. The van der Waals surface area contributed by atoms with Gasteiger partial charge in [-0.25, -0.2) is 4.98 Å². The van der Waals surface area contributed by atoms with Crippen LogP contribution in [-0.2, 0) is 6.18 Å². The summed E-state index contributed by atoms with van der Waals surface area (Å²) in [6.07, 6.45) is -1.84. The van der Waals surface area contributed by atoms with Crippen molar-refractivity contribution < 1.29 is 17.9 Å². The first kappa shape index (κ1) is 15.2. The van der Waals surface area contributed by atoms with Gasteiger partial charge in [0.15, 0.2) is 0 Å². The van der Waals surface area contributed by atoms with Gasteiger partial charge in [0, 0.05) is 10.7 Å². The van der Waals surface area contributed by atoms with Crippen LogP contribution < -0.4 is 10.5 Å². The molecule has 0 bridgehead atoms. The van der Waals surface area contributed by atoms with E-state index in [1.807, 2.05) is 0 Å². The van der Waals surface area contributed by atoms with Gasteiger partial charge in [-0.3, -0.25) is 10.4 Å². The predicted molar refractivity (Wildman–Crippen MR) is 72.3 cm³/mol. The van der Waals surface area contributed by atoms with Crippen molar-refractivity contribution in [2.24, 2.45) is 5.73 Å². The summed E-state index contributed by atoms with van der Waals surface area (Å²) < 4.78 is 43.9. The molecule has 2 rings (SSSR count). The van der Waals surface area contributed by atoms with Crippen LogP contribution in [0.15, 0.2) is 35.1 Å². The Balaban J connectivity index is 2.46. The number of hydrogen-bond donors (Lipinski definition) is 2. The maximum atomic E-state index is 12.7. The van der Waals surface area contributed by atoms with Crippen molar-refractivity contribution in [3.63, 3.8) is 0 Å². The van der Waals surface area contributed by atoms with Crippen LogP contribution in [0.1, 0.15) is 11.3 Å². The molecule has 110 valence electrons. The lowest BCUT2D eigenvalue weighted by Crippen LogP contribution is -2.16. The Hall–Kier alpha value is -2.16. The number of hydrogen-bond acceptors (Lipinski definition) is 4. The minimum absolute atomic E-state index is 0.0389. The molecule has 0 fully saturated rings. The van der Waals surface area contributed by atoms with Crippen LogP contribution in [-0.4, -0.2) is 15.8 Å². The summed E-state index contributed by atoms with van der Waals surface area (Å²) in [5.74, 6) is -0.690. The van der Waals surface area contributed by atoms with Crippen LogP contribution in [0.25, 0.3) is 0 Å². The smallest absolute Gasteiger partial charge is 0.433 e. The molecule has 0 saturated carbocycles. The van der Waals surface area contributed by atoms with Crippen LogP contribution in [0.2, 0.25) is 0 Å². The molecule has 5 nitrogen and oxygen atoms in total. The third-order valence-electron chi connectivity index (χ3n) is 2.34. The quantitative estimate of drug-likeness (QED) is 0.649. The van der Waals surface area contributed by atoms with Crippen LogP contribution in [0.4, 0.5) is 13.2 Å². The normalized spacial score (nSPS) is 11.2. The van der Waals surface area contributed by atoms with Crippen LogP contribution >= 0.6 is 15.9 Å². The van der Waals surface area contributed by atoms with E-state index >= 15 is 0 Å². The van der Waals surface area contributed by atoms with Gasteiger partial charge >= 0.3 is 6.18 Å². The van der Waals surface area contributed by atoms with E-state index in [1.165, 1.54) is 18.5 Å². The van der Waals surface area contributed by atoms with E-state index in [-0.39, 0.29) is 11.3 Å². The van der Waals surface area contributed by atoms with Crippen molar-refractivity contribution in [3.8, 4) is 11.6 Å². The highest BCUT2D eigenvalue weighted by molar-refractivity contribution is 9.10. The molecule has 0 atom stereocenters. The summed E-state index contributed by atoms with van der Waals surface area (Å²) in [7, 11) is 0. The van der Waals surface area contributed by atoms with Gasteiger partial charge in [0.1, 0.15) is 17.3 Å². The Morgan fingerprint density at radius 3 is 2.57 bits per heavy atom. The maximum absolute atomic E-state index is 12.7.